The van der Waals surface area contributed by atoms with E-state index in [1.54, 1.807) is 24.3 Å². The maximum absolute atomic E-state index is 12.3. The molecule has 2 aromatic heterocycles. The molecule has 0 amide bonds. The molecule has 0 spiro atoms. The number of nitrogens with zero attached hydrogens (tertiary/aromatic N) is 3. The predicted octanol–water partition coefficient (Wildman–Crippen LogP) is 3.14. The second-order valence-electron chi connectivity index (χ2n) is 5.51. The van der Waals surface area contributed by atoms with Crippen LogP contribution >= 0.6 is 11.6 Å². The molecular formula is C18H14ClF2N3O3. The molecule has 1 unspecified atom stereocenters. The van der Waals surface area contributed by atoms with E-state index < -0.39 is 18.2 Å². The lowest BCUT2D eigenvalue weighted by molar-refractivity contribution is -0.0528. The number of hydrogen-bond donors (Lipinski definition) is 1. The summed E-state index contributed by atoms with van der Waals surface area (Å²) in [5, 5.41) is 14.6. The van der Waals surface area contributed by atoms with Crippen LogP contribution in [0.25, 0.3) is 11.3 Å². The number of halogens is 3. The number of ether oxygens (including phenoxy) is 1. The average molecular weight is 394 g/mol. The lowest BCUT2D eigenvalue weighted by Gasteiger charge is -2.17. The molecule has 1 atom stereocenters. The fourth-order valence-electron chi connectivity index (χ4n) is 2.50. The Morgan fingerprint density at radius 3 is 2.44 bits per heavy atom. The molecule has 2 heterocycles. The van der Waals surface area contributed by atoms with E-state index >= 15 is 0 Å². The molecule has 0 saturated heterocycles. The molecule has 6 nitrogen and oxygen atoms in total. The van der Waals surface area contributed by atoms with Crippen LogP contribution in [0.5, 0.6) is 5.88 Å². The van der Waals surface area contributed by atoms with Crippen LogP contribution in [0.15, 0.2) is 59.5 Å². The smallest absolute Gasteiger partial charge is 0.388 e. The highest BCUT2D eigenvalue weighted by molar-refractivity contribution is 6.30. The molecule has 3 aromatic rings. The van der Waals surface area contributed by atoms with Crippen molar-refractivity contribution in [2.24, 2.45) is 0 Å². The quantitative estimate of drug-likeness (QED) is 0.696. The Morgan fingerprint density at radius 2 is 1.85 bits per heavy atom. The van der Waals surface area contributed by atoms with Gasteiger partial charge in [-0.05, 0) is 29.8 Å². The zero-order valence-corrected chi connectivity index (χ0v) is 14.6. The maximum atomic E-state index is 12.3. The lowest BCUT2D eigenvalue weighted by Crippen LogP contribution is -2.29. The Kier molecular flexibility index (Phi) is 5.78. The van der Waals surface area contributed by atoms with Gasteiger partial charge < -0.3 is 9.84 Å². The van der Waals surface area contributed by atoms with Crippen LogP contribution < -0.4 is 10.3 Å². The van der Waals surface area contributed by atoms with Crippen LogP contribution in [-0.4, -0.2) is 33.1 Å². The molecule has 0 aliphatic carbocycles. The van der Waals surface area contributed by atoms with Crippen LogP contribution in [0.2, 0.25) is 5.02 Å². The number of aromatic nitrogens is 3. The van der Waals surface area contributed by atoms with Gasteiger partial charge in [-0.2, -0.15) is 13.9 Å². The molecule has 0 aliphatic rings. The van der Waals surface area contributed by atoms with Crippen LogP contribution in [-0.2, 0) is 0 Å². The summed E-state index contributed by atoms with van der Waals surface area (Å²) in [6.07, 6.45) is 1.31. The first-order chi connectivity index (χ1) is 13.0. The maximum Gasteiger partial charge on any atom is 0.388 e. The van der Waals surface area contributed by atoms with Crippen molar-refractivity contribution >= 4 is 11.6 Å². The molecule has 0 radical (unpaired) electrons. The highest BCUT2D eigenvalue weighted by atomic mass is 35.5. The summed E-state index contributed by atoms with van der Waals surface area (Å²) in [6.45, 7) is -3.31. The van der Waals surface area contributed by atoms with Gasteiger partial charge in [0.05, 0.1) is 12.3 Å². The first-order valence-electron chi connectivity index (χ1n) is 7.85. The zero-order valence-electron chi connectivity index (χ0n) is 13.8. The molecule has 9 heteroatoms. The summed E-state index contributed by atoms with van der Waals surface area (Å²) in [4.78, 5) is 16.0. The molecule has 0 saturated carbocycles. The van der Waals surface area contributed by atoms with Crippen LogP contribution in [0.4, 0.5) is 8.78 Å². The van der Waals surface area contributed by atoms with E-state index in [-0.39, 0.29) is 12.5 Å². The highest BCUT2D eigenvalue weighted by Gasteiger charge is 2.16. The van der Waals surface area contributed by atoms with E-state index in [4.69, 9.17) is 11.6 Å². The van der Waals surface area contributed by atoms with Gasteiger partial charge >= 0.3 is 6.61 Å². The van der Waals surface area contributed by atoms with Crippen molar-refractivity contribution in [1.29, 1.82) is 0 Å². The molecule has 0 bridgehead atoms. The second-order valence-corrected chi connectivity index (χ2v) is 5.95. The van der Waals surface area contributed by atoms with Crippen molar-refractivity contribution in [1.82, 2.24) is 14.8 Å². The van der Waals surface area contributed by atoms with E-state index in [0.717, 1.165) is 4.68 Å². The molecule has 0 fully saturated rings. The van der Waals surface area contributed by atoms with Gasteiger partial charge in [0.1, 0.15) is 6.04 Å². The Morgan fingerprint density at radius 1 is 1.11 bits per heavy atom. The zero-order chi connectivity index (χ0) is 19.4. The number of benzene rings is 1. The monoisotopic (exact) mass is 393 g/mol. The second kappa shape index (κ2) is 8.24. The third-order valence-electron chi connectivity index (χ3n) is 3.79. The first kappa shape index (κ1) is 18.9. The first-order valence-corrected chi connectivity index (χ1v) is 8.23. The third-order valence-corrected chi connectivity index (χ3v) is 4.04. The summed E-state index contributed by atoms with van der Waals surface area (Å²) in [5.41, 5.74) is 1.14. The fraction of sp³-hybridized carbons (Fsp3) is 0.167. The highest BCUT2D eigenvalue weighted by Crippen LogP contribution is 2.21. The van der Waals surface area contributed by atoms with Crippen molar-refractivity contribution in [3.63, 3.8) is 0 Å². The molecule has 0 aliphatic heterocycles. The van der Waals surface area contributed by atoms with Gasteiger partial charge in [-0.25, -0.2) is 9.67 Å². The van der Waals surface area contributed by atoms with Gasteiger partial charge in [0.15, 0.2) is 0 Å². The van der Waals surface area contributed by atoms with Crippen molar-refractivity contribution in [2.75, 3.05) is 6.61 Å². The lowest BCUT2D eigenvalue weighted by atomic mass is 10.1. The molecule has 1 N–H and O–H groups in total. The number of alkyl halides is 2. The fourth-order valence-corrected chi connectivity index (χ4v) is 2.63. The van der Waals surface area contributed by atoms with Gasteiger partial charge in [-0.15, -0.1) is 0 Å². The van der Waals surface area contributed by atoms with E-state index in [1.165, 1.54) is 30.5 Å². The minimum absolute atomic E-state index is 0.225. The van der Waals surface area contributed by atoms with E-state index in [1.807, 2.05) is 0 Å². The van der Waals surface area contributed by atoms with Crippen LogP contribution in [0, 0.1) is 0 Å². The summed E-state index contributed by atoms with van der Waals surface area (Å²) >= 11 is 5.88. The molecule has 27 heavy (non-hydrogen) atoms. The topological polar surface area (TPSA) is 77.2 Å². The summed E-state index contributed by atoms with van der Waals surface area (Å²) in [5.74, 6) is -0.225. The van der Waals surface area contributed by atoms with E-state index in [2.05, 4.69) is 14.8 Å². The SMILES string of the molecule is O=c1ccc(-c2ccc(OC(F)F)nc2)nn1C(CO)c1ccc(Cl)cc1. The Bertz CT molecular complexity index is 963. The van der Waals surface area contributed by atoms with Crippen molar-refractivity contribution in [3.8, 4) is 17.1 Å². The van der Waals surface area contributed by atoms with Crippen LogP contribution in [0.3, 0.4) is 0 Å². The number of pyridine rings is 1. The number of aliphatic hydroxyl groups is 1. The van der Waals surface area contributed by atoms with Crippen molar-refractivity contribution in [2.45, 2.75) is 12.7 Å². The molecule has 3 rings (SSSR count). The Labute approximate surface area is 157 Å². The normalized spacial score (nSPS) is 12.2. The average Bonchev–Trinajstić information content (AvgIpc) is 2.65. The minimum atomic E-state index is -2.96. The largest absolute Gasteiger partial charge is 0.417 e. The molecular weight excluding hydrogens is 380 g/mol. The van der Waals surface area contributed by atoms with Gasteiger partial charge in [0.2, 0.25) is 5.88 Å². The Hall–Kier alpha value is -2.84. The van der Waals surface area contributed by atoms with Crippen LogP contribution in [0.1, 0.15) is 11.6 Å². The van der Waals surface area contributed by atoms with Gasteiger partial charge in [-0.1, -0.05) is 23.7 Å². The third kappa shape index (κ3) is 4.47. The van der Waals surface area contributed by atoms with Crippen molar-refractivity contribution in [3.05, 3.63) is 75.7 Å². The van der Waals surface area contributed by atoms with Gasteiger partial charge in [0, 0.05) is 28.9 Å². The Balaban J connectivity index is 1.96. The number of hydrogen-bond acceptors (Lipinski definition) is 5. The predicted molar refractivity (Wildman–Crippen MR) is 95.0 cm³/mol. The number of aliphatic hydroxyl groups excluding tert-OH is 1. The van der Waals surface area contributed by atoms with Crippen molar-refractivity contribution < 1.29 is 18.6 Å². The standard InChI is InChI=1S/C18H14ClF2N3O3/c19-13-4-1-11(2-5-13)15(10-25)24-17(26)8-6-14(23-24)12-3-7-16(22-9-12)27-18(20)21/h1-9,15,18,25H,10H2. The molecule has 140 valence electrons. The van der Waals surface area contributed by atoms with Gasteiger partial charge in [0.25, 0.3) is 5.56 Å². The van der Waals surface area contributed by atoms with Gasteiger partial charge in [-0.3, -0.25) is 4.79 Å². The van der Waals surface area contributed by atoms with E-state index in [9.17, 15) is 18.7 Å². The number of rotatable bonds is 6. The van der Waals surface area contributed by atoms with E-state index in [0.29, 0.717) is 21.8 Å². The summed E-state index contributed by atoms with van der Waals surface area (Å²) in [7, 11) is 0. The summed E-state index contributed by atoms with van der Waals surface area (Å²) < 4.78 is 29.8. The minimum Gasteiger partial charge on any atom is -0.417 e. The molecule has 1 aromatic carbocycles. The summed E-state index contributed by atoms with van der Waals surface area (Å²) in [6, 6.07) is 11.6.